The molecule has 0 bridgehead atoms. The predicted molar refractivity (Wildman–Crippen MR) is 82.9 cm³/mol. The number of anilines is 1. The van der Waals surface area contributed by atoms with Gasteiger partial charge in [0.15, 0.2) is 5.82 Å². The fourth-order valence-corrected chi connectivity index (χ4v) is 3.13. The molecule has 6 nitrogen and oxygen atoms in total. The molecule has 9 heteroatoms. The Kier molecular flexibility index (Phi) is 4.31. The van der Waals surface area contributed by atoms with Crippen LogP contribution < -0.4 is 10.5 Å². The predicted octanol–water partition coefficient (Wildman–Crippen LogP) is 1.67. The van der Waals surface area contributed by atoms with E-state index in [4.69, 9.17) is 18.0 Å². The highest BCUT2D eigenvalue weighted by atomic mass is 79.9. The summed E-state index contributed by atoms with van der Waals surface area (Å²) in [5.41, 5.74) is 5.81. The molecule has 0 spiro atoms. The highest BCUT2D eigenvalue weighted by Gasteiger charge is 2.20. The van der Waals surface area contributed by atoms with Crippen LogP contribution in [0.5, 0.6) is 0 Å². The number of benzene rings is 1. The molecule has 0 aliphatic heterocycles. The third-order valence-electron chi connectivity index (χ3n) is 2.30. The van der Waals surface area contributed by atoms with Crippen molar-refractivity contribution in [1.82, 2.24) is 9.97 Å². The lowest BCUT2D eigenvalue weighted by Gasteiger charge is -2.10. The highest BCUT2D eigenvalue weighted by Crippen LogP contribution is 2.18. The van der Waals surface area contributed by atoms with Gasteiger partial charge in [0.25, 0.3) is 10.0 Å². The van der Waals surface area contributed by atoms with E-state index in [0.717, 1.165) is 0 Å². The quantitative estimate of drug-likeness (QED) is 0.792. The van der Waals surface area contributed by atoms with Crippen molar-refractivity contribution < 1.29 is 8.42 Å². The van der Waals surface area contributed by atoms with E-state index in [1.54, 1.807) is 18.2 Å². The summed E-state index contributed by atoms with van der Waals surface area (Å²) in [4.78, 5) is 7.80. The molecule has 1 heterocycles. The van der Waals surface area contributed by atoms with Crippen LogP contribution in [0.3, 0.4) is 0 Å². The second-order valence-corrected chi connectivity index (χ2v) is 6.59. The number of sulfonamides is 1. The van der Waals surface area contributed by atoms with E-state index in [1.165, 1.54) is 18.5 Å². The summed E-state index contributed by atoms with van der Waals surface area (Å²) in [5, 5.41) is 0. The molecule has 104 valence electrons. The number of nitrogens with one attached hydrogen (secondary N) is 1. The molecular weight excluding hydrogens is 364 g/mol. The molecule has 1 aromatic carbocycles. The largest absolute Gasteiger partial charge is 0.389 e. The summed E-state index contributed by atoms with van der Waals surface area (Å²) in [6.07, 6.45) is 2.68. The monoisotopic (exact) mass is 372 g/mol. The molecule has 0 atom stereocenters. The van der Waals surface area contributed by atoms with Gasteiger partial charge in [0.05, 0.1) is 17.3 Å². The first-order valence-electron chi connectivity index (χ1n) is 5.29. The first-order chi connectivity index (χ1) is 9.40. The Morgan fingerprint density at radius 2 is 1.95 bits per heavy atom. The van der Waals surface area contributed by atoms with Crippen molar-refractivity contribution in [2.24, 2.45) is 5.73 Å². The summed E-state index contributed by atoms with van der Waals surface area (Å²) in [6.45, 7) is 0. The van der Waals surface area contributed by atoms with Gasteiger partial charge in [-0.15, -0.1) is 0 Å². The van der Waals surface area contributed by atoms with E-state index in [-0.39, 0.29) is 21.3 Å². The van der Waals surface area contributed by atoms with Crippen LogP contribution >= 0.6 is 28.1 Å². The minimum absolute atomic E-state index is 0.00258. The lowest BCUT2D eigenvalue weighted by atomic mass is 10.2. The van der Waals surface area contributed by atoms with Gasteiger partial charge in [0.2, 0.25) is 0 Å². The van der Waals surface area contributed by atoms with Crippen molar-refractivity contribution in [3.63, 3.8) is 0 Å². The minimum atomic E-state index is -3.84. The zero-order valence-electron chi connectivity index (χ0n) is 9.95. The average molecular weight is 373 g/mol. The summed E-state index contributed by atoms with van der Waals surface area (Å²) < 4.78 is 27.4. The van der Waals surface area contributed by atoms with Crippen molar-refractivity contribution in [3.8, 4) is 0 Å². The van der Waals surface area contributed by atoms with Gasteiger partial charge in [-0.05, 0) is 22.0 Å². The van der Waals surface area contributed by atoms with E-state index >= 15 is 0 Å². The lowest BCUT2D eigenvalue weighted by Crippen LogP contribution is -2.20. The number of hydrogen-bond acceptors (Lipinski definition) is 5. The van der Waals surface area contributed by atoms with Gasteiger partial charge in [0, 0.05) is 5.56 Å². The number of nitrogens with zero attached hydrogens (tertiary/aromatic N) is 2. The van der Waals surface area contributed by atoms with Crippen LogP contribution in [0.15, 0.2) is 46.2 Å². The molecule has 1 aromatic heterocycles. The Labute approximate surface area is 129 Å². The SMILES string of the molecule is NC(=S)c1ccccc1S(=O)(=O)Nc1cnc(Br)cn1. The van der Waals surface area contributed by atoms with Gasteiger partial charge in [0.1, 0.15) is 9.59 Å². The first kappa shape index (κ1) is 14.8. The van der Waals surface area contributed by atoms with Crippen molar-refractivity contribution in [3.05, 3.63) is 46.8 Å². The number of aromatic nitrogens is 2. The van der Waals surface area contributed by atoms with Gasteiger partial charge in [-0.1, -0.05) is 30.4 Å². The topological polar surface area (TPSA) is 98.0 Å². The number of halogens is 1. The average Bonchev–Trinajstić information content (AvgIpc) is 2.41. The first-order valence-corrected chi connectivity index (χ1v) is 7.98. The van der Waals surface area contributed by atoms with E-state index in [0.29, 0.717) is 4.60 Å². The standard InChI is InChI=1S/C11H9BrN4O2S2/c12-9-5-15-10(6-14-9)16-20(17,18)8-4-2-1-3-7(8)11(13)19/h1-6H,(H2,13,19)(H,15,16). The van der Waals surface area contributed by atoms with Gasteiger partial charge in [-0.2, -0.15) is 0 Å². The molecule has 2 rings (SSSR count). The molecule has 2 aromatic rings. The normalized spacial score (nSPS) is 11.1. The van der Waals surface area contributed by atoms with E-state index in [1.807, 2.05) is 0 Å². The molecule has 0 aliphatic carbocycles. The van der Waals surface area contributed by atoms with Crippen molar-refractivity contribution >= 4 is 49.0 Å². The third-order valence-corrected chi connectivity index (χ3v) is 4.34. The third kappa shape index (κ3) is 3.30. The minimum Gasteiger partial charge on any atom is -0.389 e. The van der Waals surface area contributed by atoms with Crippen LogP contribution in [0.1, 0.15) is 5.56 Å². The van der Waals surface area contributed by atoms with Crippen LogP contribution in [-0.2, 0) is 10.0 Å². The maximum absolute atomic E-state index is 12.3. The summed E-state index contributed by atoms with van der Waals surface area (Å²) in [6, 6.07) is 6.21. The zero-order chi connectivity index (χ0) is 14.8. The molecule has 0 saturated carbocycles. The Bertz CT molecular complexity index is 747. The Hall–Kier alpha value is -1.58. The highest BCUT2D eigenvalue weighted by molar-refractivity contribution is 9.10. The second-order valence-electron chi connectivity index (χ2n) is 3.69. The maximum atomic E-state index is 12.3. The van der Waals surface area contributed by atoms with Crippen molar-refractivity contribution in [2.75, 3.05) is 4.72 Å². The lowest BCUT2D eigenvalue weighted by molar-refractivity contribution is 0.601. The number of thiocarbonyl (C=S) groups is 1. The van der Waals surface area contributed by atoms with E-state index in [2.05, 4.69) is 30.6 Å². The Balaban J connectivity index is 2.41. The second kappa shape index (κ2) is 5.81. The molecular formula is C11H9BrN4O2S2. The van der Waals surface area contributed by atoms with Crippen LogP contribution in [0.25, 0.3) is 0 Å². The molecule has 0 amide bonds. The Morgan fingerprint density at radius 3 is 2.55 bits per heavy atom. The van der Waals surface area contributed by atoms with E-state index in [9.17, 15) is 8.42 Å². The smallest absolute Gasteiger partial charge is 0.263 e. The number of hydrogen-bond donors (Lipinski definition) is 2. The summed E-state index contributed by atoms with van der Waals surface area (Å²) in [7, 11) is -3.84. The fraction of sp³-hybridized carbons (Fsp3) is 0. The zero-order valence-corrected chi connectivity index (χ0v) is 13.2. The summed E-state index contributed by atoms with van der Waals surface area (Å²) in [5.74, 6) is 0.103. The van der Waals surface area contributed by atoms with Gasteiger partial charge >= 0.3 is 0 Å². The fourth-order valence-electron chi connectivity index (χ4n) is 1.46. The van der Waals surface area contributed by atoms with Crippen molar-refractivity contribution in [1.29, 1.82) is 0 Å². The van der Waals surface area contributed by atoms with Crippen LogP contribution in [-0.4, -0.2) is 23.4 Å². The molecule has 0 saturated heterocycles. The van der Waals surface area contributed by atoms with Gasteiger partial charge < -0.3 is 5.73 Å². The molecule has 20 heavy (non-hydrogen) atoms. The Morgan fingerprint density at radius 1 is 1.25 bits per heavy atom. The molecule has 0 unspecified atom stereocenters. The van der Waals surface area contributed by atoms with E-state index < -0.39 is 10.0 Å². The molecule has 0 fully saturated rings. The summed E-state index contributed by atoms with van der Waals surface area (Å²) >= 11 is 7.97. The maximum Gasteiger partial charge on any atom is 0.263 e. The molecule has 3 N–H and O–H groups in total. The van der Waals surface area contributed by atoms with Gasteiger partial charge in [-0.3, -0.25) is 4.72 Å². The van der Waals surface area contributed by atoms with Gasteiger partial charge in [-0.25, -0.2) is 18.4 Å². The molecule has 0 aliphatic rings. The van der Waals surface area contributed by atoms with Crippen LogP contribution in [0.4, 0.5) is 5.82 Å². The number of rotatable bonds is 4. The van der Waals surface area contributed by atoms with Crippen LogP contribution in [0.2, 0.25) is 0 Å². The number of nitrogens with two attached hydrogens (primary N) is 1. The van der Waals surface area contributed by atoms with Crippen LogP contribution in [0, 0.1) is 0 Å². The van der Waals surface area contributed by atoms with Crippen molar-refractivity contribution in [2.45, 2.75) is 4.90 Å². The molecule has 0 radical (unpaired) electrons.